The number of rotatable bonds is 11. The molecule has 0 saturated heterocycles. The van der Waals surface area contributed by atoms with Crippen LogP contribution in [0.15, 0.2) is 18.2 Å². The summed E-state index contributed by atoms with van der Waals surface area (Å²) in [4.78, 5) is 46.3. The Balaban J connectivity index is 2.84. The van der Waals surface area contributed by atoms with Gasteiger partial charge in [0.25, 0.3) is 5.91 Å². The fourth-order valence-corrected chi connectivity index (χ4v) is 2.37. The van der Waals surface area contributed by atoms with E-state index in [-0.39, 0.29) is 31.4 Å². The van der Waals surface area contributed by atoms with E-state index in [9.17, 15) is 39.6 Å². The van der Waals surface area contributed by atoms with Crippen molar-refractivity contribution < 1.29 is 44.8 Å². The number of aromatic hydroxyl groups is 2. The number of carbonyl (C=O) groups is 4. The topological polar surface area (TPSA) is 197 Å². The first kappa shape index (κ1) is 23.7. The smallest absolute Gasteiger partial charge is 0.326 e. The Morgan fingerprint density at radius 3 is 2.41 bits per heavy atom. The maximum absolute atomic E-state index is 12.4. The molecule has 0 saturated carbocycles. The van der Waals surface area contributed by atoms with Crippen LogP contribution in [-0.2, 0) is 14.4 Å². The van der Waals surface area contributed by atoms with E-state index in [0.717, 1.165) is 6.07 Å². The van der Waals surface area contributed by atoms with Gasteiger partial charge in [0.15, 0.2) is 11.5 Å². The van der Waals surface area contributed by atoms with Crippen LogP contribution in [0.5, 0.6) is 11.5 Å². The summed E-state index contributed by atoms with van der Waals surface area (Å²) < 4.78 is 0. The Labute approximate surface area is 165 Å². The Kier molecular flexibility index (Phi) is 8.83. The molecule has 1 aromatic rings. The minimum atomic E-state index is -1.56. The summed E-state index contributed by atoms with van der Waals surface area (Å²) in [6.07, 6.45) is -1.37. The Hall–Kier alpha value is -3.38. The van der Waals surface area contributed by atoms with Crippen LogP contribution >= 0.6 is 0 Å². The molecule has 0 spiro atoms. The zero-order valence-corrected chi connectivity index (χ0v) is 15.5. The molecule has 0 bridgehead atoms. The fraction of sp³-hybridized carbons (Fsp3) is 0.412. The number of benzene rings is 1. The summed E-state index contributed by atoms with van der Waals surface area (Å²) in [5.41, 5.74) is -0.352. The van der Waals surface area contributed by atoms with Crippen LogP contribution in [0, 0.1) is 0 Å². The zero-order chi connectivity index (χ0) is 22.1. The lowest BCUT2D eigenvalue weighted by molar-refractivity contribution is -0.150. The van der Waals surface area contributed by atoms with Gasteiger partial charge in [0.05, 0.1) is 11.7 Å². The van der Waals surface area contributed by atoms with Gasteiger partial charge in [-0.3, -0.25) is 19.6 Å². The van der Waals surface area contributed by atoms with E-state index < -0.39 is 47.5 Å². The van der Waals surface area contributed by atoms with Gasteiger partial charge in [0, 0.05) is 6.54 Å². The number of aliphatic carboxylic acids is 1. The van der Waals surface area contributed by atoms with E-state index in [1.54, 1.807) is 0 Å². The van der Waals surface area contributed by atoms with Crippen LogP contribution in [0.4, 0.5) is 0 Å². The van der Waals surface area contributed by atoms with Gasteiger partial charge in [-0.25, -0.2) is 9.86 Å². The Morgan fingerprint density at radius 2 is 1.86 bits per heavy atom. The molecule has 160 valence electrons. The molecule has 3 atom stereocenters. The third-order valence-electron chi connectivity index (χ3n) is 3.93. The van der Waals surface area contributed by atoms with Gasteiger partial charge < -0.3 is 31.1 Å². The number of phenols is 2. The standard InChI is InChI=1S/C17H23N3O9/c1-9(22)13(19-15(25)10-4-2-6-12(23)14(10)24)16(26)18-11(17(27)28)5-3-7-20(29)8-21/h2,4,6,8-9,11,13,22-24,29H,3,5,7H2,1H3,(H,18,26)(H,19,25)(H,27,28). The average Bonchev–Trinajstić information content (AvgIpc) is 2.66. The number of nitrogens with zero attached hydrogens (tertiary/aromatic N) is 1. The first-order chi connectivity index (χ1) is 13.6. The van der Waals surface area contributed by atoms with Crippen LogP contribution in [0.2, 0.25) is 0 Å². The highest BCUT2D eigenvalue weighted by Crippen LogP contribution is 2.28. The van der Waals surface area contributed by atoms with Crippen LogP contribution in [0.3, 0.4) is 0 Å². The monoisotopic (exact) mass is 413 g/mol. The summed E-state index contributed by atoms with van der Waals surface area (Å²) in [5.74, 6) is -4.66. The molecule has 12 nitrogen and oxygen atoms in total. The number of phenolic OH excluding ortho intramolecular Hbond substituents is 2. The molecule has 0 aliphatic rings. The molecular formula is C17H23N3O9. The number of para-hydroxylation sites is 1. The number of hydroxylamine groups is 2. The average molecular weight is 413 g/mol. The molecule has 1 rings (SSSR count). The largest absolute Gasteiger partial charge is 0.504 e. The first-order valence-electron chi connectivity index (χ1n) is 8.52. The maximum Gasteiger partial charge on any atom is 0.326 e. The molecule has 0 aliphatic carbocycles. The van der Waals surface area contributed by atoms with Crippen LogP contribution in [0.1, 0.15) is 30.1 Å². The SMILES string of the molecule is CC(O)C(NC(=O)c1cccc(O)c1O)C(=O)NC(CCCN(O)C=O)C(=O)O. The van der Waals surface area contributed by atoms with Crippen molar-refractivity contribution in [2.24, 2.45) is 0 Å². The third-order valence-corrected chi connectivity index (χ3v) is 3.93. The zero-order valence-electron chi connectivity index (χ0n) is 15.5. The van der Waals surface area contributed by atoms with Gasteiger partial charge >= 0.3 is 5.97 Å². The molecule has 0 aromatic heterocycles. The van der Waals surface area contributed by atoms with Crippen molar-refractivity contribution in [1.82, 2.24) is 15.7 Å². The second kappa shape index (κ2) is 10.8. The van der Waals surface area contributed by atoms with Crippen molar-refractivity contribution in [3.8, 4) is 11.5 Å². The van der Waals surface area contributed by atoms with Crippen molar-refractivity contribution in [3.63, 3.8) is 0 Å². The molecule has 3 amide bonds. The van der Waals surface area contributed by atoms with Crippen LogP contribution in [-0.4, -0.2) is 79.6 Å². The lowest BCUT2D eigenvalue weighted by atomic mass is 10.1. The van der Waals surface area contributed by atoms with Crippen molar-refractivity contribution in [2.75, 3.05) is 6.54 Å². The minimum absolute atomic E-state index is 0.0509. The number of nitrogens with one attached hydrogen (secondary N) is 2. The number of carboxylic acids is 1. The predicted octanol–water partition coefficient (Wildman–Crippen LogP) is -1.23. The van der Waals surface area contributed by atoms with Gasteiger partial charge in [-0.05, 0) is 31.9 Å². The van der Waals surface area contributed by atoms with E-state index in [1.165, 1.54) is 19.1 Å². The number of carbonyl (C=O) groups excluding carboxylic acids is 3. The summed E-state index contributed by atoms with van der Waals surface area (Å²) in [6.45, 7) is 1.03. The molecule has 29 heavy (non-hydrogen) atoms. The summed E-state index contributed by atoms with van der Waals surface area (Å²) in [7, 11) is 0. The molecule has 7 N–H and O–H groups in total. The van der Waals surface area contributed by atoms with E-state index in [1.807, 2.05) is 0 Å². The van der Waals surface area contributed by atoms with Crippen LogP contribution in [0.25, 0.3) is 0 Å². The van der Waals surface area contributed by atoms with Gasteiger partial charge in [0.2, 0.25) is 12.3 Å². The molecule has 12 heteroatoms. The summed E-state index contributed by atoms with van der Waals surface area (Å²) >= 11 is 0. The highest BCUT2D eigenvalue weighted by atomic mass is 16.5. The van der Waals surface area contributed by atoms with Gasteiger partial charge in [0.1, 0.15) is 12.1 Å². The molecule has 0 heterocycles. The van der Waals surface area contributed by atoms with Crippen molar-refractivity contribution in [2.45, 2.75) is 38.0 Å². The number of aliphatic hydroxyl groups excluding tert-OH is 1. The minimum Gasteiger partial charge on any atom is -0.504 e. The second-order valence-electron chi connectivity index (χ2n) is 6.18. The Morgan fingerprint density at radius 1 is 1.21 bits per heavy atom. The number of amides is 3. The molecule has 3 unspecified atom stereocenters. The number of hydrogen-bond acceptors (Lipinski definition) is 8. The number of aliphatic hydroxyl groups is 1. The second-order valence-corrected chi connectivity index (χ2v) is 6.18. The summed E-state index contributed by atoms with van der Waals surface area (Å²) in [6, 6.07) is 0.631. The van der Waals surface area contributed by atoms with E-state index in [2.05, 4.69) is 10.6 Å². The fourth-order valence-electron chi connectivity index (χ4n) is 2.37. The van der Waals surface area contributed by atoms with E-state index in [4.69, 9.17) is 5.21 Å². The first-order valence-corrected chi connectivity index (χ1v) is 8.52. The Bertz CT molecular complexity index is 754. The van der Waals surface area contributed by atoms with Gasteiger partial charge in [-0.1, -0.05) is 6.07 Å². The van der Waals surface area contributed by atoms with E-state index >= 15 is 0 Å². The third kappa shape index (κ3) is 6.93. The van der Waals surface area contributed by atoms with E-state index in [0.29, 0.717) is 5.06 Å². The highest BCUT2D eigenvalue weighted by Gasteiger charge is 2.30. The van der Waals surface area contributed by atoms with Crippen molar-refractivity contribution in [1.29, 1.82) is 0 Å². The highest BCUT2D eigenvalue weighted by molar-refractivity contribution is 6.00. The maximum atomic E-state index is 12.4. The van der Waals surface area contributed by atoms with Gasteiger partial charge in [-0.15, -0.1) is 0 Å². The number of hydrogen-bond donors (Lipinski definition) is 7. The molecular weight excluding hydrogens is 390 g/mol. The predicted molar refractivity (Wildman–Crippen MR) is 96.1 cm³/mol. The van der Waals surface area contributed by atoms with Crippen molar-refractivity contribution in [3.05, 3.63) is 23.8 Å². The van der Waals surface area contributed by atoms with Crippen LogP contribution < -0.4 is 10.6 Å². The molecule has 0 aliphatic heterocycles. The lowest BCUT2D eigenvalue weighted by Crippen LogP contribution is -2.55. The molecule has 0 radical (unpaired) electrons. The summed E-state index contributed by atoms with van der Waals surface area (Å²) in [5, 5.41) is 51.9. The van der Waals surface area contributed by atoms with Crippen molar-refractivity contribution >= 4 is 24.2 Å². The van der Waals surface area contributed by atoms with Gasteiger partial charge in [-0.2, -0.15) is 0 Å². The number of carboxylic acid groups (broad SMARTS) is 1. The molecule has 0 fully saturated rings. The molecule has 1 aromatic carbocycles. The quantitative estimate of drug-likeness (QED) is 0.101. The lowest BCUT2D eigenvalue weighted by Gasteiger charge is -2.23. The normalized spacial score (nSPS) is 13.6.